The number of rotatable bonds is 5. The Labute approximate surface area is 111 Å². The Balaban J connectivity index is 1.80. The predicted octanol–water partition coefficient (Wildman–Crippen LogP) is 0.279. The third-order valence-corrected chi connectivity index (χ3v) is 3.43. The van der Waals surface area contributed by atoms with E-state index >= 15 is 0 Å². The zero-order valence-corrected chi connectivity index (χ0v) is 11.0. The van der Waals surface area contributed by atoms with Gasteiger partial charge in [0.15, 0.2) is 0 Å². The summed E-state index contributed by atoms with van der Waals surface area (Å²) >= 11 is 0. The quantitative estimate of drug-likeness (QED) is 0.609. The summed E-state index contributed by atoms with van der Waals surface area (Å²) < 4.78 is 1.31. The SMILES string of the molecule is CC1CCN(CC(O)Cn2cnc([N+](=O)[O-])n2)CC1. The molecule has 0 bridgehead atoms. The molecule has 2 heterocycles. The van der Waals surface area contributed by atoms with Gasteiger partial charge in [-0.3, -0.25) is 0 Å². The van der Waals surface area contributed by atoms with E-state index in [0.717, 1.165) is 31.8 Å². The fraction of sp³-hybridized carbons (Fsp3) is 0.818. The van der Waals surface area contributed by atoms with E-state index in [0.29, 0.717) is 6.54 Å². The van der Waals surface area contributed by atoms with Gasteiger partial charge >= 0.3 is 5.95 Å². The highest BCUT2D eigenvalue weighted by atomic mass is 16.6. The van der Waals surface area contributed by atoms with Gasteiger partial charge in [0, 0.05) is 11.6 Å². The molecule has 2 rings (SSSR count). The molecule has 0 spiro atoms. The van der Waals surface area contributed by atoms with Crippen molar-refractivity contribution in [2.45, 2.75) is 32.4 Å². The van der Waals surface area contributed by atoms with E-state index in [2.05, 4.69) is 21.9 Å². The Bertz CT molecular complexity index is 428. The van der Waals surface area contributed by atoms with Gasteiger partial charge in [0.1, 0.15) is 0 Å². The minimum absolute atomic E-state index is 0.229. The highest BCUT2D eigenvalue weighted by Crippen LogP contribution is 2.16. The molecule has 0 radical (unpaired) electrons. The monoisotopic (exact) mass is 269 g/mol. The fourth-order valence-electron chi connectivity index (χ4n) is 2.27. The van der Waals surface area contributed by atoms with Crippen LogP contribution in [0.25, 0.3) is 0 Å². The summed E-state index contributed by atoms with van der Waals surface area (Å²) in [6.45, 7) is 5.03. The molecule has 1 atom stereocenters. The largest absolute Gasteiger partial charge is 0.490 e. The van der Waals surface area contributed by atoms with Crippen molar-refractivity contribution in [3.8, 4) is 0 Å². The van der Waals surface area contributed by atoms with E-state index < -0.39 is 17.0 Å². The summed E-state index contributed by atoms with van der Waals surface area (Å²) in [7, 11) is 0. The first-order chi connectivity index (χ1) is 9.04. The number of piperidine rings is 1. The average Bonchev–Trinajstić information content (AvgIpc) is 2.80. The molecule has 0 aromatic carbocycles. The Morgan fingerprint density at radius 1 is 1.53 bits per heavy atom. The van der Waals surface area contributed by atoms with Crippen LogP contribution < -0.4 is 0 Å². The normalized spacial score (nSPS) is 19.5. The summed E-state index contributed by atoms with van der Waals surface area (Å²) in [6, 6.07) is 0. The van der Waals surface area contributed by atoms with Gasteiger partial charge in [-0.05, 0) is 36.8 Å². The average molecular weight is 269 g/mol. The third-order valence-electron chi connectivity index (χ3n) is 3.43. The first-order valence-corrected chi connectivity index (χ1v) is 6.49. The highest BCUT2D eigenvalue weighted by Gasteiger charge is 2.20. The maximum absolute atomic E-state index is 10.4. The van der Waals surface area contributed by atoms with Crippen LogP contribution in [0.5, 0.6) is 0 Å². The number of aromatic nitrogens is 3. The number of hydrogen-bond donors (Lipinski definition) is 1. The lowest BCUT2D eigenvalue weighted by atomic mass is 9.99. The van der Waals surface area contributed by atoms with E-state index in [1.165, 1.54) is 11.0 Å². The second kappa shape index (κ2) is 6.07. The van der Waals surface area contributed by atoms with Crippen molar-refractivity contribution >= 4 is 5.95 Å². The van der Waals surface area contributed by atoms with Crippen molar-refractivity contribution in [2.24, 2.45) is 5.92 Å². The van der Waals surface area contributed by atoms with E-state index in [4.69, 9.17) is 0 Å². The van der Waals surface area contributed by atoms with Gasteiger partial charge in [-0.1, -0.05) is 11.9 Å². The molecular weight excluding hydrogens is 250 g/mol. The predicted molar refractivity (Wildman–Crippen MR) is 67.5 cm³/mol. The maximum Gasteiger partial charge on any atom is 0.490 e. The van der Waals surface area contributed by atoms with Gasteiger partial charge in [-0.15, -0.1) is 0 Å². The van der Waals surface area contributed by atoms with Gasteiger partial charge in [-0.2, -0.15) is 4.68 Å². The minimum Gasteiger partial charge on any atom is -0.390 e. The lowest BCUT2D eigenvalue weighted by Gasteiger charge is -2.31. The fourth-order valence-corrected chi connectivity index (χ4v) is 2.27. The summed E-state index contributed by atoms with van der Waals surface area (Å²) in [5.41, 5.74) is 0. The number of β-amino-alcohol motifs (C(OH)–C–C–N with tert-alkyl or cyclic N) is 1. The summed E-state index contributed by atoms with van der Waals surface area (Å²) in [6.07, 6.45) is 3.00. The number of aliphatic hydroxyl groups excluding tert-OH is 1. The first-order valence-electron chi connectivity index (χ1n) is 6.49. The summed E-state index contributed by atoms with van der Waals surface area (Å²) in [5, 5.41) is 24.1. The molecule has 106 valence electrons. The minimum atomic E-state index is -0.644. The summed E-state index contributed by atoms with van der Waals surface area (Å²) in [5.74, 6) is 0.324. The molecule has 1 aliphatic heterocycles. The van der Waals surface area contributed by atoms with Crippen molar-refractivity contribution in [3.63, 3.8) is 0 Å². The Hall–Kier alpha value is -1.54. The van der Waals surface area contributed by atoms with Crippen LogP contribution in [0.2, 0.25) is 0 Å². The zero-order valence-electron chi connectivity index (χ0n) is 11.0. The van der Waals surface area contributed by atoms with Crippen LogP contribution in [0.4, 0.5) is 5.95 Å². The number of likely N-dealkylation sites (tertiary alicyclic amines) is 1. The summed E-state index contributed by atoms with van der Waals surface area (Å²) in [4.78, 5) is 15.6. The molecule has 1 N–H and O–H groups in total. The molecule has 19 heavy (non-hydrogen) atoms. The van der Waals surface area contributed by atoms with Gasteiger partial charge in [0.25, 0.3) is 0 Å². The van der Waals surface area contributed by atoms with Crippen LogP contribution in [0.3, 0.4) is 0 Å². The number of hydrogen-bond acceptors (Lipinski definition) is 6. The van der Waals surface area contributed by atoms with Crippen LogP contribution in [0.1, 0.15) is 19.8 Å². The van der Waals surface area contributed by atoms with Crippen molar-refractivity contribution in [1.82, 2.24) is 19.7 Å². The molecule has 8 heteroatoms. The van der Waals surface area contributed by atoms with Crippen LogP contribution in [0.15, 0.2) is 6.33 Å². The smallest absolute Gasteiger partial charge is 0.390 e. The second-order valence-electron chi connectivity index (χ2n) is 5.16. The van der Waals surface area contributed by atoms with Crippen LogP contribution >= 0.6 is 0 Å². The molecular formula is C11H19N5O3. The molecule has 1 saturated heterocycles. The van der Waals surface area contributed by atoms with Crippen molar-refractivity contribution in [2.75, 3.05) is 19.6 Å². The van der Waals surface area contributed by atoms with Crippen molar-refractivity contribution < 1.29 is 10.0 Å². The third kappa shape index (κ3) is 3.97. The lowest BCUT2D eigenvalue weighted by molar-refractivity contribution is -0.394. The van der Waals surface area contributed by atoms with Crippen LogP contribution in [-0.4, -0.2) is 55.4 Å². The van der Waals surface area contributed by atoms with Crippen molar-refractivity contribution in [3.05, 3.63) is 16.4 Å². The van der Waals surface area contributed by atoms with E-state index in [1.807, 2.05) is 0 Å². The van der Waals surface area contributed by atoms with E-state index in [1.54, 1.807) is 0 Å². The molecule has 0 aliphatic carbocycles. The van der Waals surface area contributed by atoms with E-state index in [9.17, 15) is 15.2 Å². The number of aliphatic hydroxyl groups is 1. The second-order valence-corrected chi connectivity index (χ2v) is 5.16. The molecule has 1 fully saturated rings. The van der Waals surface area contributed by atoms with Gasteiger partial charge in [0.2, 0.25) is 6.33 Å². The molecule has 0 saturated carbocycles. The lowest BCUT2D eigenvalue weighted by Crippen LogP contribution is -2.39. The molecule has 0 amide bonds. The topological polar surface area (TPSA) is 97.3 Å². The molecule has 1 aromatic heterocycles. The molecule has 8 nitrogen and oxygen atoms in total. The highest BCUT2D eigenvalue weighted by molar-refractivity contribution is 4.97. The molecule has 1 unspecified atom stereocenters. The van der Waals surface area contributed by atoms with Gasteiger partial charge < -0.3 is 20.1 Å². The maximum atomic E-state index is 10.4. The van der Waals surface area contributed by atoms with Crippen LogP contribution in [0, 0.1) is 16.0 Å². The van der Waals surface area contributed by atoms with Gasteiger partial charge in [-0.25, -0.2) is 0 Å². The molecule has 1 aliphatic rings. The Morgan fingerprint density at radius 3 is 2.79 bits per heavy atom. The van der Waals surface area contributed by atoms with Crippen molar-refractivity contribution in [1.29, 1.82) is 0 Å². The Morgan fingerprint density at radius 2 is 2.21 bits per heavy atom. The number of nitrogens with zero attached hydrogens (tertiary/aromatic N) is 5. The first kappa shape index (κ1) is 13.9. The van der Waals surface area contributed by atoms with Gasteiger partial charge in [0.05, 0.1) is 12.6 Å². The standard InChI is InChI=1S/C11H19N5O3/c1-9-2-4-14(5-3-9)6-10(17)7-15-8-12-11(13-15)16(18)19/h8-10,17H,2-7H2,1H3. The molecule has 1 aromatic rings. The van der Waals surface area contributed by atoms with Crippen LogP contribution in [-0.2, 0) is 6.54 Å². The Kier molecular flexibility index (Phi) is 4.43. The van der Waals surface area contributed by atoms with E-state index in [-0.39, 0.29) is 6.54 Å². The number of nitro groups is 1. The zero-order chi connectivity index (χ0) is 13.8.